The van der Waals surface area contributed by atoms with Crippen LogP contribution in [0.2, 0.25) is 5.02 Å². The standard InChI is InChI=1S/C17H19ClN2/c18-15-6-4-13(5-7-15)12-16-2-1-3-17(20-16)14-8-10-19-11-9-14/h1-7,14,19H,8-12H2. The van der Waals surface area contributed by atoms with Crippen molar-refractivity contribution in [1.29, 1.82) is 0 Å². The predicted molar refractivity (Wildman–Crippen MR) is 83.3 cm³/mol. The molecule has 0 saturated carbocycles. The van der Waals surface area contributed by atoms with Gasteiger partial charge in [-0.2, -0.15) is 0 Å². The smallest absolute Gasteiger partial charge is 0.0450 e. The molecule has 0 atom stereocenters. The summed E-state index contributed by atoms with van der Waals surface area (Å²) in [5.74, 6) is 0.612. The molecule has 20 heavy (non-hydrogen) atoms. The van der Waals surface area contributed by atoms with E-state index in [0.29, 0.717) is 5.92 Å². The lowest BCUT2D eigenvalue weighted by atomic mass is 9.94. The molecule has 0 bridgehead atoms. The van der Waals surface area contributed by atoms with E-state index in [2.05, 4.69) is 35.6 Å². The summed E-state index contributed by atoms with van der Waals surface area (Å²) in [7, 11) is 0. The van der Waals surface area contributed by atoms with Crippen molar-refractivity contribution < 1.29 is 0 Å². The van der Waals surface area contributed by atoms with Crippen LogP contribution in [0.5, 0.6) is 0 Å². The van der Waals surface area contributed by atoms with Crippen molar-refractivity contribution in [3.63, 3.8) is 0 Å². The van der Waals surface area contributed by atoms with Crippen molar-refractivity contribution >= 4 is 11.6 Å². The van der Waals surface area contributed by atoms with Crippen molar-refractivity contribution in [2.45, 2.75) is 25.2 Å². The number of hydrogen-bond donors (Lipinski definition) is 1. The average molecular weight is 287 g/mol. The Labute approximate surface area is 125 Å². The summed E-state index contributed by atoms with van der Waals surface area (Å²) in [4.78, 5) is 4.85. The average Bonchev–Trinajstić information content (AvgIpc) is 2.51. The quantitative estimate of drug-likeness (QED) is 0.928. The van der Waals surface area contributed by atoms with Gasteiger partial charge in [-0.3, -0.25) is 4.98 Å². The highest BCUT2D eigenvalue weighted by molar-refractivity contribution is 6.30. The van der Waals surface area contributed by atoms with Crippen molar-refractivity contribution in [3.8, 4) is 0 Å². The van der Waals surface area contributed by atoms with Gasteiger partial charge < -0.3 is 5.32 Å². The van der Waals surface area contributed by atoms with Gasteiger partial charge in [0.05, 0.1) is 0 Å². The lowest BCUT2D eigenvalue weighted by Crippen LogP contribution is -2.27. The molecule has 1 N–H and O–H groups in total. The number of rotatable bonds is 3. The maximum Gasteiger partial charge on any atom is 0.0450 e. The van der Waals surface area contributed by atoms with E-state index in [-0.39, 0.29) is 0 Å². The zero-order chi connectivity index (χ0) is 13.8. The molecule has 104 valence electrons. The maximum atomic E-state index is 5.92. The third kappa shape index (κ3) is 3.38. The largest absolute Gasteiger partial charge is 0.317 e. The molecule has 1 saturated heterocycles. The molecule has 2 heterocycles. The fourth-order valence-electron chi connectivity index (χ4n) is 2.75. The summed E-state index contributed by atoms with van der Waals surface area (Å²) >= 11 is 5.92. The molecule has 0 amide bonds. The molecule has 1 aliphatic rings. The SMILES string of the molecule is Clc1ccc(Cc2cccc(C3CCNCC3)n2)cc1. The Hall–Kier alpha value is -1.38. The Morgan fingerprint density at radius 2 is 1.80 bits per heavy atom. The van der Waals surface area contributed by atoms with Gasteiger partial charge in [0.1, 0.15) is 0 Å². The van der Waals surface area contributed by atoms with Crippen LogP contribution in [0, 0.1) is 0 Å². The highest BCUT2D eigenvalue weighted by Gasteiger charge is 2.16. The number of nitrogens with one attached hydrogen (secondary N) is 1. The molecule has 3 heteroatoms. The van der Waals surface area contributed by atoms with E-state index in [9.17, 15) is 0 Å². The van der Waals surface area contributed by atoms with Crippen molar-refractivity contribution in [1.82, 2.24) is 10.3 Å². The van der Waals surface area contributed by atoms with Crippen LogP contribution < -0.4 is 5.32 Å². The van der Waals surface area contributed by atoms with Crippen LogP contribution in [-0.2, 0) is 6.42 Å². The Balaban J connectivity index is 1.75. The van der Waals surface area contributed by atoms with Gasteiger partial charge in [0.2, 0.25) is 0 Å². The van der Waals surface area contributed by atoms with Crippen LogP contribution in [0.15, 0.2) is 42.5 Å². The summed E-state index contributed by atoms with van der Waals surface area (Å²) in [5, 5.41) is 4.19. The zero-order valence-corrected chi connectivity index (χ0v) is 12.2. The van der Waals surface area contributed by atoms with E-state index in [1.54, 1.807) is 0 Å². The summed E-state index contributed by atoms with van der Waals surface area (Å²) < 4.78 is 0. The number of pyridine rings is 1. The van der Waals surface area contributed by atoms with Gasteiger partial charge in [-0.1, -0.05) is 29.8 Å². The molecule has 0 radical (unpaired) electrons. The van der Waals surface area contributed by atoms with E-state index in [4.69, 9.17) is 16.6 Å². The van der Waals surface area contributed by atoms with Crippen LogP contribution in [0.3, 0.4) is 0 Å². The summed E-state index contributed by atoms with van der Waals surface area (Å²) in [6, 6.07) is 14.4. The molecular weight excluding hydrogens is 268 g/mol. The molecular formula is C17H19ClN2. The third-order valence-electron chi connectivity index (χ3n) is 3.88. The molecule has 1 aliphatic heterocycles. The molecule has 1 aromatic carbocycles. The van der Waals surface area contributed by atoms with E-state index < -0.39 is 0 Å². The normalized spacial score (nSPS) is 16.2. The Morgan fingerprint density at radius 1 is 1.05 bits per heavy atom. The van der Waals surface area contributed by atoms with Crippen LogP contribution in [0.4, 0.5) is 0 Å². The van der Waals surface area contributed by atoms with E-state index >= 15 is 0 Å². The van der Waals surface area contributed by atoms with Gasteiger partial charge in [0.25, 0.3) is 0 Å². The maximum absolute atomic E-state index is 5.92. The van der Waals surface area contributed by atoms with Gasteiger partial charge in [-0.05, 0) is 55.8 Å². The number of nitrogens with zero attached hydrogens (tertiary/aromatic N) is 1. The summed E-state index contributed by atoms with van der Waals surface area (Å²) in [6.45, 7) is 2.21. The van der Waals surface area contributed by atoms with Gasteiger partial charge in [0.15, 0.2) is 0 Å². The first kappa shape index (κ1) is 13.6. The molecule has 0 unspecified atom stereocenters. The monoisotopic (exact) mass is 286 g/mol. The summed E-state index contributed by atoms with van der Waals surface area (Å²) in [6.07, 6.45) is 3.25. The van der Waals surface area contributed by atoms with Gasteiger partial charge in [-0.15, -0.1) is 0 Å². The highest BCUT2D eigenvalue weighted by Crippen LogP contribution is 2.24. The second kappa shape index (κ2) is 6.38. The first-order valence-corrected chi connectivity index (χ1v) is 7.60. The molecule has 2 nitrogen and oxygen atoms in total. The van der Waals surface area contributed by atoms with Crippen molar-refractivity contribution in [2.75, 3.05) is 13.1 Å². The molecule has 1 fully saturated rings. The molecule has 2 aromatic rings. The molecule has 1 aromatic heterocycles. The second-order valence-corrected chi connectivity index (χ2v) is 5.82. The minimum absolute atomic E-state index is 0.612. The third-order valence-corrected chi connectivity index (χ3v) is 4.14. The Kier molecular flexibility index (Phi) is 4.34. The van der Waals surface area contributed by atoms with Crippen molar-refractivity contribution in [2.24, 2.45) is 0 Å². The topological polar surface area (TPSA) is 24.9 Å². The number of benzene rings is 1. The number of halogens is 1. The molecule has 3 rings (SSSR count). The van der Waals surface area contributed by atoms with Crippen LogP contribution in [-0.4, -0.2) is 18.1 Å². The van der Waals surface area contributed by atoms with E-state index in [1.807, 2.05) is 12.1 Å². The minimum Gasteiger partial charge on any atom is -0.317 e. The zero-order valence-electron chi connectivity index (χ0n) is 11.5. The van der Waals surface area contributed by atoms with Crippen LogP contribution >= 0.6 is 11.6 Å². The fourth-order valence-corrected chi connectivity index (χ4v) is 2.88. The van der Waals surface area contributed by atoms with E-state index in [0.717, 1.165) is 30.2 Å². The first-order valence-electron chi connectivity index (χ1n) is 7.22. The number of aromatic nitrogens is 1. The lowest BCUT2D eigenvalue weighted by molar-refractivity contribution is 0.452. The van der Waals surface area contributed by atoms with E-state index in [1.165, 1.54) is 24.1 Å². The van der Waals surface area contributed by atoms with Gasteiger partial charge in [0, 0.05) is 28.7 Å². The Morgan fingerprint density at radius 3 is 2.55 bits per heavy atom. The van der Waals surface area contributed by atoms with Crippen molar-refractivity contribution in [3.05, 3.63) is 64.4 Å². The summed E-state index contributed by atoms with van der Waals surface area (Å²) in [5.41, 5.74) is 3.64. The lowest BCUT2D eigenvalue weighted by Gasteiger charge is -2.22. The first-order chi connectivity index (χ1) is 9.81. The van der Waals surface area contributed by atoms with Crippen LogP contribution in [0.1, 0.15) is 35.7 Å². The number of piperidine rings is 1. The predicted octanol–water partition coefficient (Wildman–Crippen LogP) is 3.79. The molecule has 0 aliphatic carbocycles. The Bertz CT molecular complexity index is 559. The van der Waals surface area contributed by atoms with Gasteiger partial charge >= 0.3 is 0 Å². The fraction of sp³-hybridized carbons (Fsp3) is 0.353. The second-order valence-electron chi connectivity index (χ2n) is 5.38. The molecule has 0 spiro atoms. The minimum atomic E-state index is 0.612. The van der Waals surface area contributed by atoms with Gasteiger partial charge in [-0.25, -0.2) is 0 Å². The number of hydrogen-bond acceptors (Lipinski definition) is 2. The van der Waals surface area contributed by atoms with Crippen LogP contribution in [0.25, 0.3) is 0 Å². The highest BCUT2D eigenvalue weighted by atomic mass is 35.5.